The number of aromatic nitrogens is 1. The lowest BCUT2D eigenvalue weighted by Gasteiger charge is -2.24. The maximum Gasteiger partial charge on any atom is 0.123 e. The van der Waals surface area contributed by atoms with Crippen LogP contribution in [0.1, 0.15) is 23.1 Å². The van der Waals surface area contributed by atoms with E-state index >= 15 is 0 Å². The van der Waals surface area contributed by atoms with Crippen LogP contribution in [0.25, 0.3) is 0 Å². The molecule has 0 saturated heterocycles. The first-order valence-corrected chi connectivity index (χ1v) is 6.56. The molecule has 2 nitrogen and oxygen atoms in total. The Bertz CT molecular complexity index is 631. The van der Waals surface area contributed by atoms with Crippen molar-refractivity contribution in [3.8, 4) is 0 Å². The quantitative estimate of drug-likeness (QED) is 0.914. The third-order valence-corrected chi connectivity index (χ3v) is 4.06. The van der Waals surface area contributed by atoms with Crippen LogP contribution in [0.15, 0.2) is 36.7 Å². The number of nitrogens with zero attached hydrogens (tertiary/aromatic N) is 1. The van der Waals surface area contributed by atoms with Crippen LogP contribution in [0.3, 0.4) is 0 Å². The summed E-state index contributed by atoms with van der Waals surface area (Å²) in [5.74, 6) is -0.259. The highest BCUT2D eigenvalue weighted by atomic mass is 35.5. The number of pyridine rings is 1. The summed E-state index contributed by atoms with van der Waals surface area (Å²) in [5, 5.41) is 11.4. The van der Waals surface area contributed by atoms with Crippen molar-refractivity contribution in [2.24, 2.45) is 0 Å². The van der Waals surface area contributed by atoms with E-state index in [9.17, 15) is 9.50 Å². The summed E-state index contributed by atoms with van der Waals surface area (Å²) in [6, 6.07) is 6.37. The van der Waals surface area contributed by atoms with Gasteiger partial charge in [-0.05, 0) is 47.7 Å². The number of benzene rings is 1. The second-order valence-corrected chi connectivity index (χ2v) is 5.38. The lowest BCUT2D eigenvalue weighted by Crippen LogP contribution is -2.25. The Hall–Kier alpha value is -1.45. The molecule has 1 aliphatic rings. The van der Waals surface area contributed by atoms with Crippen LogP contribution in [0.2, 0.25) is 5.02 Å². The van der Waals surface area contributed by atoms with Gasteiger partial charge in [0.1, 0.15) is 5.82 Å². The first kappa shape index (κ1) is 12.6. The highest BCUT2D eigenvalue weighted by Crippen LogP contribution is 2.40. The van der Waals surface area contributed by atoms with Gasteiger partial charge in [0, 0.05) is 18.8 Å². The van der Waals surface area contributed by atoms with Gasteiger partial charge < -0.3 is 5.11 Å². The molecule has 0 amide bonds. The van der Waals surface area contributed by atoms with E-state index < -0.39 is 5.60 Å². The summed E-state index contributed by atoms with van der Waals surface area (Å²) in [7, 11) is 0. The van der Waals surface area contributed by atoms with Crippen molar-refractivity contribution in [2.45, 2.75) is 24.9 Å². The molecule has 1 heterocycles. The van der Waals surface area contributed by atoms with Crippen molar-refractivity contribution in [2.75, 3.05) is 0 Å². The third-order valence-electron chi connectivity index (χ3n) is 3.72. The number of hydrogen-bond acceptors (Lipinski definition) is 2. The van der Waals surface area contributed by atoms with Gasteiger partial charge in [-0.1, -0.05) is 17.7 Å². The van der Waals surface area contributed by atoms with E-state index in [1.165, 1.54) is 12.1 Å². The highest BCUT2D eigenvalue weighted by molar-refractivity contribution is 6.31. The van der Waals surface area contributed by atoms with Crippen molar-refractivity contribution < 1.29 is 9.50 Å². The molecular weight excluding hydrogens is 265 g/mol. The summed E-state index contributed by atoms with van der Waals surface area (Å²) in [5.41, 5.74) is 1.58. The van der Waals surface area contributed by atoms with Crippen LogP contribution >= 0.6 is 11.6 Å². The number of aliphatic hydroxyl groups is 1. The summed E-state index contributed by atoms with van der Waals surface area (Å²) >= 11 is 6.08. The molecule has 0 bridgehead atoms. The van der Waals surface area contributed by atoms with E-state index in [2.05, 4.69) is 4.98 Å². The molecule has 1 aromatic heterocycles. The van der Waals surface area contributed by atoms with E-state index in [1.54, 1.807) is 18.5 Å². The molecular formula is C15H13ClFNO. The predicted molar refractivity (Wildman–Crippen MR) is 71.6 cm³/mol. The first-order valence-electron chi connectivity index (χ1n) is 6.18. The molecule has 1 unspecified atom stereocenters. The smallest absolute Gasteiger partial charge is 0.123 e. The average Bonchev–Trinajstić information content (AvgIpc) is 2.70. The minimum Gasteiger partial charge on any atom is -0.385 e. The van der Waals surface area contributed by atoms with Gasteiger partial charge in [-0.25, -0.2) is 4.39 Å². The lowest BCUT2D eigenvalue weighted by molar-refractivity contribution is 0.0389. The number of fused-ring (bicyclic) bond motifs is 1. The molecule has 3 rings (SSSR count). The van der Waals surface area contributed by atoms with Gasteiger partial charge in [-0.15, -0.1) is 0 Å². The van der Waals surface area contributed by atoms with Crippen LogP contribution in [0, 0.1) is 5.82 Å². The van der Waals surface area contributed by atoms with Crippen LogP contribution in [-0.2, 0) is 18.4 Å². The van der Waals surface area contributed by atoms with Crippen molar-refractivity contribution in [1.29, 1.82) is 0 Å². The normalized spacial score (nSPS) is 21.4. The molecule has 0 saturated carbocycles. The molecule has 1 atom stereocenters. The van der Waals surface area contributed by atoms with E-state index in [0.717, 1.165) is 16.7 Å². The zero-order valence-corrected chi connectivity index (χ0v) is 11.0. The van der Waals surface area contributed by atoms with Crippen molar-refractivity contribution in [1.82, 2.24) is 4.98 Å². The van der Waals surface area contributed by atoms with Gasteiger partial charge in [0.15, 0.2) is 0 Å². The van der Waals surface area contributed by atoms with E-state index in [0.29, 0.717) is 24.3 Å². The van der Waals surface area contributed by atoms with Crippen LogP contribution in [0.5, 0.6) is 0 Å². The number of halogens is 2. The standard InChI is InChI=1S/C15H13ClFNO/c16-14-9-18-6-4-11(14)8-15(19)5-3-10-7-12(17)1-2-13(10)15/h1-2,4,6-7,9,19H,3,5,8H2. The molecule has 0 spiro atoms. The zero-order valence-electron chi connectivity index (χ0n) is 10.2. The van der Waals surface area contributed by atoms with E-state index in [4.69, 9.17) is 11.6 Å². The number of aryl methyl sites for hydroxylation is 1. The minimum absolute atomic E-state index is 0.259. The first-order chi connectivity index (χ1) is 9.08. The van der Waals surface area contributed by atoms with Crippen LogP contribution in [0.4, 0.5) is 4.39 Å². The summed E-state index contributed by atoms with van der Waals surface area (Å²) in [6.07, 6.45) is 4.93. The Kier molecular flexibility index (Phi) is 3.03. The predicted octanol–water partition coefficient (Wildman–Crippen LogP) is 3.25. The molecule has 1 N–H and O–H groups in total. The van der Waals surface area contributed by atoms with Gasteiger partial charge in [-0.3, -0.25) is 4.98 Å². The van der Waals surface area contributed by atoms with Crippen molar-refractivity contribution >= 4 is 11.6 Å². The van der Waals surface area contributed by atoms with E-state index in [-0.39, 0.29) is 5.82 Å². The molecule has 4 heteroatoms. The fraction of sp³-hybridized carbons (Fsp3) is 0.267. The molecule has 0 radical (unpaired) electrons. The van der Waals surface area contributed by atoms with Crippen molar-refractivity contribution in [3.63, 3.8) is 0 Å². The molecule has 98 valence electrons. The Morgan fingerprint density at radius 2 is 2.21 bits per heavy atom. The van der Waals surface area contributed by atoms with Gasteiger partial charge in [-0.2, -0.15) is 0 Å². The second kappa shape index (κ2) is 4.58. The largest absolute Gasteiger partial charge is 0.385 e. The Morgan fingerprint density at radius 3 is 3.00 bits per heavy atom. The Balaban J connectivity index is 1.97. The van der Waals surface area contributed by atoms with Gasteiger partial charge in [0.25, 0.3) is 0 Å². The SMILES string of the molecule is OC1(Cc2ccncc2Cl)CCc2cc(F)ccc21. The summed E-state index contributed by atoms with van der Waals surface area (Å²) in [6.45, 7) is 0. The Labute approximate surface area is 115 Å². The number of rotatable bonds is 2. The maximum absolute atomic E-state index is 13.2. The number of hydrogen-bond donors (Lipinski definition) is 1. The monoisotopic (exact) mass is 277 g/mol. The maximum atomic E-state index is 13.2. The fourth-order valence-corrected chi connectivity index (χ4v) is 2.93. The van der Waals surface area contributed by atoms with E-state index in [1.807, 2.05) is 6.07 Å². The molecule has 1 aromatic carbocycles. The molecule has 19 heavy (non-hydrogen) atoms. The van der Waals surface area contributed by atoms with Gasteiger partial charge in [0.2, 0.25) is 0 Å². The molecule has 0 fully saturated rings. The summed E-state index contributed by atoms with van der Waals surface area (Å²) < 4.78 is 13.2. The fourth-order valence-electron chi connectivity index (χ4n) is 2.75. The summed E-state index contributed by atoms with van der Waals surface area (Å²) in [4.78, 5) is 3.93. The molecule has 0 aliphatic heterocycles. The van der Waals surface area contributed by atoms with Gasteiger partial charge >= 0.3 is 0 Å². The second-order valence-electron chi connectivity index (χ2n) is 4.98. The van der Waals surface area contributed by atoms with Crippen LogP contribution in [-0.4, -0.2) is 10.1 Å². The molecule has 1 aliphatic carbocycles. The Morgan fingerprint density at radius 1 is 1.37 bits per heavy atom. The average molecular weight is 278 g/mol. The third kappa shape index (κ3) is 2.24. The topological polar surface area (TPSA) is 33.1 Å². The minimum atomic E-state index is -0.964. The van der Waals surface area contributed by atoms with Crippen molar-refractivity contribution in [3.05, 3.63) is 64.2 Å². The zero-order chi connectivity index (χ0) is 13.5. The lowest BCUT2D eigenvalue weighted by atomic mass is 9.89. The molecule has 2 aromatic rings. The highest BCUT2D eigenvalue weighted by Gasteiger charge is 2.37. The van der Waals surface area contributed by atoms with Crippen LogP contribution < -0.4 is 0 Å². The van der Waals surface area contributed by atoms with Gasteiger partial charge in [0.05, 0.1) is 10.6 Å².